The number of aromatic amines is 1. The summed E-state index contributed by atoms with van der Waals surface area (Å²) < 4.78 is 0. The lowest BCUT2D eigenvalue weighted by Crippen LogP contribution is -2.33. The van der Waals surface area contributed by atoms with Crippen LogP contribution in [0.2, 0.25) is 0 Å². The van der Waals surface area contributed by atoms with Gasteiger partial charge < -0.3 is 5.32 Å². The molecule has 0 aliphatic heterocycles. The molecule has 1 aliphatic carbocycles. The smallest absolute Gasteiger partial charge is 0.223 e. The van der Waals surface area contributed by atoms with Crippen LogP contribution in [0.15, 0.2) is 24.5 Å². The number of hydrogen-bond acceptors (Lipinski definition) is 5. The Morgan fingerprint density at radius 3 is 2.88 bits per heavy atom. The molecule has 134 valence electrons. The standard InChI is InChI=1S/C19H21N5OS/c1-11-15(12(2)24-23-11)10-21-18(25)14-3-4-17-16(9-14)22-19(26-17)13-5-7-20-8-6-13/h5-8,14H,3-4,9-10H2,1-2H3,(H,21,25)(H,23,24). The van der Waals surface area contributed by atoms with Gasteiger partial charge >= 0.3 is 0 Å². The molecular weight excluding hydrogens is 346 g/mol. The van der Waals surface area contributed by atoms with Crippen LogP contribution in [0.25, 0.3) is 10.6 Å². The zero-order chi connectivity index (χ0) is 18.1. The van der Waals surface area contributed by atoms with Crippen molar-refractivity contribution >= 4 is 17.2 Å². The minimum absolute atomic E-state index is 0.0117. The molecule has 2 N–H and O–H groups in total. The fourth-order valence-corrected chi connectivity index (χ4v) is 4.48. The fourth-order valence-electron chi connectivity index (χ4n) is 3.38. The highest BCUT2D eigenvalue weighted by atomic mass is 32.1. The molecule has 26 heavy (non-hydrogen) atoms. The second-order valence-corrected chi connectivity index (χ2v) is 7.78. The molecule has 3 aromatic heterocycles. The van der Waals surface area contributed by atoms with Gasteiger partial charge in [-0.25, -0.2) is 4.98 Å². The molecule has 0 saturated carbocycles. The third kappa shape index (κ3) is 3.26. The maximum absolute atomic E-state index is 12.6. The number of pyridine rings is 1. The Morgan fingerprint density at radius 1 is 1.35 bits per heavy atom. The van der Waals surface area contributed by atoms with E-state index >= 15 is 0 Å². The van der Waals surface area contributed by atoms with Crippen LogP contribution in [-0.2, 0) is 24.2 Å². The normalized spacial score (nSPS) is 16.3. The molecule has 1 amide bonds. The summed E-state index contributed by atoms with van der Waals surface area (Å²) in [6.45, 7) is 4.45. The fraction of sp³-hybridized carbons (Fsp3) is 0.368. The minimum Gasteiger partial charge on any atom is -0.352 e. The molecule has 3 heterocycles. The van der Waals surface area contributed by atoms with Gasteiger partial charge in [-0.1, -0.05) is 0 Å². The molecule has 1 aliphatic rings. The monoisotopic (exact) mass is 367 g/mol. The average Bonchev–Trinajstić information content (AvgIpc) is 3.23. The van der Waals surface area contributed by atoms with Crippen molar-refractivity contribution in [1.82, 2.24) is 25.5 Å². The first-order valence-corrected chi connectivity index (χ1v) is 9.60. The Bertz CT molecular complexity index is 911. The van der Waals surface area contributed by atoms with Gasteiger partial charge in [-0.2, -0.15) is 5.10 Å². The van der Waals surface area contributed by atoms with E-state index in [2.05, 4.69) is 20.5 Å². The molecule has 0 spiro atoms. The van der Waals surface area contributed by atoms with Gasteiger partial charge in [-0.15, -0.1) is 11.3 Å². The Kier molecular flexibility index (Phi) is 4.55. The van der Waals surface area contributed by atoms with Crippen LogP contribution in [0.3, 0.4) is 0 Å². The number of hydrogen-bond donors (Lipinski definition) is 2. The Balaban J connectivity index is 1.43. The zero-order valence-corrected chi connectivity index (χ0v) is 15.7. The predicted molar refractivity (Wildman–Crippen MR) is 101 cm³/mol. The van der Waals surface area contributed by atoms with Crippen LogP contribution in [-0.4, -0.2) is 26.1 Å². The number of carbonyl (C=O) groups excluding carboxylic acids is 1. The molecule has 0 radical (unpaired) electrons. The number of nitrogens with zero attached hydrogens (tertiary/aromatic N) is 3. The van der Waals surface area contributed by atoms with Gasteiger partial charge in [0.25, 0.3) is 0 Å². The lowest BCUT2D eigenvalue weighted by Gasteiger charge is -2.20. The summed E-state index contributed by atoms with van der Waals surface area (Å²) in [4.78, 5) is 22.8. The Hall–Kier alpha value is -2.54. The first-order chi connectivity index (χ1) is 12.6. The number of fused-ring (bicyclic) bond motifs is 1. The topological polar surface area (TPSA) is 83.6 Å². The number of aryl methyl sites for hydroxylation is 3. The molecular formula is C19H21N5OS. The van der Waals surface area contributed by atoms with Crippen LogP contribution in [0, 0.1) is 19.8 Å². The van der Waals surface area contributed by atoms with Crippen molar-refractivity contribution in [1.29, 1.82) is 0 Å². The Morgan fingerprint density at radius 2 is 2.15 bits per heavy atom. The minimum atomic E-state index is -0.0117. The number of amides is 1. The third-order valence-electron chi connectivity index (χ3n) is 4.96. The van der Waals surface area contributed by atoms with E-state index in [0.717, 1.165) is 46.1 Å². The maximum Gasteiger partial charge on any atom is 0.223 e. The van der Waals surface area contributed by atoms with Gasteiger partial charge in [0.1, 0.15) is 5.01 Å². The van der Waals surface area contributed by atoms with Gasteiger partial charge in [0.2, 0.25) is 5.91 Å². The van der Waals surface area contributed by atoms with Crippen molar-refractivity contribution < 1.29 is 4.79 Å². The number of thiazole rings is 1. The summed E-state index contributed by atoms with van der Waals surface area (Å²) in [5.41, 5.74) is 5.18. The van der Waals surface area contributed by atoms with Crippen molar-refractivity contribution in [2.75, 3.05) is 0 Å². The number of carbonyl (C=O) groups is 1. The van der Waals surface area contributed by atoms with E-state index in [1.54, 1.807) is 23.7 Å². The van der Waals surface area contributed by atoms with Crippen molar-refractivity contribution in [3.05, 3.63) is 52.0 Å². The molecule has 0 bridgehead atoms. The summed E-state index contributed by atoms with van der Waals surface area (Å²) in [7, 11) is 0. The zero-order valence-electron chi connectivity index (χ0n) is 14.9. The molecule has 3 aromatic rings. The third-order valence-corrected chi connectivity index (χ3v) is 6.16. The van der Waals surface area contributed by atoms with Gasteiger partial charge in [0.15, 0.2) is 0 Å². The van der Waals surface area contributed by atoms with E-state index in [4.69, 9.17) is 4.98 Å². The molecule has 1 atom stereocenters. The van der Waals surface area contributed by atoms with Crippen molar-refractivity contribution in [3.63, 3.8) is 0 Å². The van der Waals surface area contributed by atoms with Crippen molar-refractivity contribution in [3.8, 4) is 10.6 Å². The summed E-state index contributed by atoms with van der Waals surface area (Å²) in [5.74, 6) is 0.0940. The van der Waals surface area contributed by atoms with E-state index in [0.29, 0.717) is 13.0 Å². The van der Waals surface area contributed by atoms with Crippen LogP contribution in [0.5, 0.6) is 0 Å². The highest BCUT2D eigenvalue weighted by Crippen LogP contribution is 2.34. The van der Waals surface area contributed by atoms with Gasteiger partial charge in [-0.05, 0) is 38.8 Å². The highest BCUT2D eigenvalue weighted by molar-refractivity contribution is 7.15. The molecule has 0 aromatic carbocycles. The van der Waals surface area contributed by atoms with Crippen molar-refractivity contribution in [2.45, 2.75) is 39.7 Å². The first kappa shape index (κ1) is 16.9. The lowest BCUT2D eigenvalue weighted by atomic mass is 9.90. The van der Waals surface area contributed by atoms with Crippen LogP contribution < -0.4 is 5.32 Å². The molecule has 0 saturated heterocycles. The lowest BCUT2D eigenvalue weighted by molar-refractivity contribution is -0.125. The highest BCUT2D eigenvalue weighted by Gasteiger charge is 2.27. The largest absolute Gasteiger partial charge is 0.352 e. The molecule has 0 fully saturated rings. The van der Waals surface area contributed by atoms with Gasteiger partial charge in [0.05, 0.1) is 11.4 Å². The summed E-state index contributed by atoms with van der Waals surface area (Å²) in [6, 6.07) is 3.95. The summed E-state index contributed by atoms with van der Waals surface area (Å²) in [6.07, 6.45) is 6.07. The number of rotatable bonds is 4. The van der Waals surface area contributed by atoms with Crippen LogP contribution in [0.1, 0.15) is 33.9 Å². The number of aromatic nitrogens is 4. The summed E-state index contributed by atoms with van der Waals surface area (Å²) >= 11 is 1.73. The average molecular weight is 367 g/mol. The quantitative estimate of drug-likeness (QED) is 0.743. The van der Waals surface area contributed by atoms with E-state index in [9.17, 15) is 4.79 Å². The molecule has 1 unspecified atom stereocenters. The second kappa shape index (κ2) is 6.99. The van der Waals surface area contributed by atoms with E-state index < -0.39 is 0 Å². The van der Waals surface area contributed by atoms with Crippen LogP contribution in [0.4, 0.5) is 0 Å². The number of H-pyrrole nitrogens is 1. The summed E-state index contributed by atoms with van der Waals surface area (Å²) in [5, 5.41) is 11.2. The molecule has 6 nitrogen and oxygen atoms in total. The predicted octanol–water partition coefficient (Wildman–Crippen LogP) is 2.97. The van der Waals surface area contributed by atoms with Gasteiger partial charge in [-0.3, -0.25) is 14.9 Å². The second-order valence-electron chi connectivity index (χ2n) is 6.69. The van der Waals surface area contributed by atoms with Crippen molar-refractivity contribution in [2.24, 2.45) is 5.92 Å². The first-order valence-electron chi connectivity index (χ1n) is 8.79. The van der Waals surface area contributed by atoms with E-state index in [1.165, 1.54) is 4.88 Å². The van der Waals surface area contributed by atoms with Gasteiger partial charge in [0, 0.05) is 53.0 Å². The van der Waals surface area contributed by atoms with Crippen LogP contribution >= 0.6 is 11.3 Å². The Labute approximate surface area is 156 Å². The number of nitrogens with one attached hydrogen (secondary N) is 2. The SMILES string of the molecule is Cc1n[nH]c(C)c1CNC(=O)C1CCc2sc(-c3ccncc3)nc2C1. The van der Waals surface area contributed by atoms with E-state index in [1.807, 2.05) is 26.0 Å². The molecule has 7 heteroatoms. The molecule has 4 rings (SSSR count). The maximum atomic E-state index is 12.6. The van der Waals surface area contributed by atoms with E-state index in [-0.39, 0.29) is 11.8 Å².